The fraction of sp³-hybridized carbons (Fsp3) is 0.381. The van der Waals surface area contributed by atoms with Crippen molar-refractivity contribution < 1.29 is 4.79 Å². The summed E-state index contributed by atoms with van der Waals surface area (Å²) in [4.78, 5) is 21.6. The number of nitrogens with one attached hydrogen (secondary N) is 1. The van der Waals surface area contributed by atoms with Crippen molar-refractivity contribution in [1.82, 2.24) is 19.5 Å². The van der Waals surface area contributed by atoms with E-state index in [2.05, 4.69) is 41.4 Å². The zero-order valence-electron chi connectivity index (χ0n) is 17.1. The molecule has 28 heavy (non-hydrogen) atoms. The van der Waals surface area contributed by atoms with Crippen LogP contribution in [-0.4, -0.2) is 46.0 Å². The molecule has 148 valence electrons. The van der Waals surface area contributed by atoms with Crippen LogP contribution in [0.25, 0.3) is 5.65 Å². The van der Waals surface area contributed by atoms with Crippen molar-refractivity contribution in [3.05, 3.63) is 47.8 Å². The van der Waals surface area contributed by atoms with Gasteiger partial charge in [0.25, 0.3) is 5.91 Å². The predicted molar refractivity (Wildman–Crippen MR) is 114 cm³/mol. The molecule has 1 aromatic carbocycles. The predicted octanol–water partition coefficient (Wildman–Crippen LogP) is 4.35. The highest BCUT2D eigenvalue weighted by molar-refractivity contribution is 7.99. The number of nitrogens with zero attached hydrogens (tertiary/aromatic N) is 4. The smallest absolute Gasteiger partial charge is 0.272 e. The van der Waals surface area contributed by atoms with E-state index < -0.39 is 0 Å². The maximum atomic E-state index is 13.1. The van der Waals surface area contributed by atoms with Crippen molar-refractivity contribution in [1.29, 1.82) is 0 Å². The summed E-state index contributed by atoms with van der Waals surface area (Å²) in [5.41, 5.74) is 2.02. The van der Waals surface area contributed by atoms with Gasteiger partial charge in [0, 0.05) is 31.2 Å². The maximum Gasteiger partial charge on any atom is 0.272 e. The van der Waals surface area contributed by atoms with Crippen LogP contribution in [0.15, 0.2) is 46.2 Å². The molecule has 2 aromatic heterocycles. The average molecular weight is 398 g/mol. The highest BCUT2D eigenvalue weighted by Gasteiger charge is 2.22. The Bertz CT molecular complexity index is 968. The van der Waals surface area contributed by atoms with Gasteiger partial charge in [-0.25, -0.2) is 9.50 Å². The first-order valence-electron chi connectivity index (χ1n) is 9.47. The molecule has 2 heterocycles. The minimum Gasteiger partial charge on any atom is -0.371 e. The topological polar surface area (TPSA) is 62.5 Å². The zero-order valence-corrected chi connectivity index (χ0v) is 17.9. The Labute approximate surface area is 170 Å². The van der Waals surface area contributed by atoms with Gasteiger partial charge in [-0.05, 0) is 37.5 Å². The summed E-state index contributed by atoms with van der Waals surface area (Å²) in [6, 6.07) is 11.9. The van der Waals surface area contributed by atoms with Crippen molar-refractivity contribution in [3.63, 3.8) is 0 Å². The Balaban J connectivity index is 2.04. The number of fused-ring (bicyclic) bond motifs is 1. The first-order valence-corrected chi connectivity index (χ1v) is 10.3. The van der Waals surface area contributed by atoms with Crippen LogP contribution in [-0.2, 0) is 0 Å². The molecule has 0 aliphatic heterocycles. The number of anilines is 1. The van der Waals surface area contributed by atoms with E-state index in [4.69, 9.17) is 0 Å². The molecule has 3 aromatic rings. The molecule has 3 rings (SSSR count). The van der Waals surface area contributed by atoms with Crippen LogP contribution in [0.4, 0.5) is 5.82 Å². The maximum absolute atomic E-state index is 13.1. The molecule has 0 aliphatic rings. The van der Waals surface area contributed by atoms with Crippen LogP contribution >= 0.6 is 11.8 Å². The molecule has 0 unspecified atom stereocenters. The second kappa shape index (κ2) is 8.65. The summed E-state index contributed by atoms with van der Waals surface area (Å²) in [6.45, 7) is 6.94. The van der Waals surface area contributed by atoms with E-state index in [0.717, 1.165) is 21.9 Å². The van der Waals surface area contributed by atoms with E-state index >= 15 is 0 Å². The Hall–Kier alpha value is -2.54. The number of benzene rings is 1. The van der Waals surface area contributed by atoms with Crippen LogP contribution < -0.4 is 5.32 Å². The standard InChI is InChI=1S/C21H27N5OS/c1-14(2)11-12-25(5)21(27)17-13-15(3)23-20-18(19(22-4)24-26(17)20)28-16-9-7-6-8-10-16/h6-10,13-14H,11-12H2,1-5H3,(H,22,24). The number of carbonyl (C=O) groups excluding carboxylic acids is 1. The largest absolute Gasteiger partial charge is 0.371 e. The average Bonchev–Trinajstić information content (AvgIpc) is 3.03. The van der Waals surface area contributed by atoms with Crippen LogP contribution in [0.1, 0.15) is 36.5 Å². The van der Waals surface area contributed by atoms with Gasteiger partial charge in [-0.2, -0.15) is 0 Å². The third kappa shape index (κ3) is 4.30. The lowest BCUT2D eigenvalue weighted by atomic mass is 10.1. The highest BCUT2D eigenvalue weighted by atomic mass is 32.2. The molecule has 7 heteroatoms. The summed E-state index contributed by atoms with van der Waals surface area (Å²) in [5.74, 6) is 1.22. The molecule has 1 amide bonds. The van der Waals surface area contributed by atoms with Gasteiger partial charge in [0.1, 0.15) is 10.6 Å². The molecule has 0 radical (unpaired) electrons. The van der Waals surface area contributed by atoms with Crippen LogP contribution in [0.3, 0.4) is 0 Å². The monoisotopic (exact) mass is 397 g/mol. The highest BCUT2D eigenvalue weighted by Crippen LogP contribution is 2.36. The van der Waals surface area contributed by atoms with Crippen LogP contribution in [0, 0.1) is 12.8 Å². The Morgan fingerprint density at radius 3 is 2.64 bits per heavy atom. The summed E-state index contributed by atoms with van der Waals surface area (Å²) >= 11 is 1.59. The quantitative estimate of drug-likeness (QED) is 0.642. The van der Waals surface area contributed by atoms with E-state index in [0.29, 0.717) is 29.6 Å². The van der Waals surface area contributed by atoms with Crippen molar-refractivity contribution in [2.75, 3.05) is 26.0 Å². The van der Waals surface area contributed by atoms with Gasteiger partial charge >= 0.3 is 0 Å². The first-order chi connectivity index (χ1) is 13.4. The van der Waals surface area contributed by atoms with Gasteiger partial charge in [-0.1, -0.05) is 43.8 Å². The van der Waals surface area contributed by atoms with E-state index in [1.165, 1.54) is 0 Å². The van der Waals surface area contributed by atoms with Crippen LogP contribution in [0.5, 0.6) is 0 Å². The van der Waals surface area contributed by atoms with Gasteiger partial charge in [-0.15, -0.1) is 5.10 Å². The minimum atomic E-state index is -0.0439. The number of amides is 1. The van der Waals surface area contributed by atoms with Crippen molar-refractivity contribution in [2.24, 2.45) is 5.92 Å². The normalized spacial score (nSPS) is 11.2. The molecular weight excluding hydrogens is 370 g/mol. The van der Waals surface area contributed by atoms with Gasteiger partial charge in [-0.3, -0.25) is 4.79 Å². The lowest BCUT2D eigenvalue weighted by Crippen LogP contribution is -2.30. The lowest BCUT2D eigenvalue weighted by molar-refractivity contribution is 0.0780. The molecule has 1 N–H and O–H groups in total. The molecule has 0 atom stereocenters. The van der Waals surface area contributed by atoms with Crippen molar-refractivity contribution >= 4 is 29.1 Å². The number of aryl methyl sites for hydroxylation is 1. The fourth-order valence-corrected chi connectivity index (χ4v) is 3.88. The molecule has 0 saturated carbocycles. The number of rotatable bonds is 7. The Morgan fingerprint density at radius 1 is 1.29 bits per heavy atom. The molecule has 0 fully saturated rings. The van der Waals surface area contributed by atoms with E-state index in [9.17, 15) is 4.79 Å². The first kappa shape index (κ1) is 20.2. The molecule has 6 nitrogen and oxygen atoms in total. The second-order valence-electron chi connectivity index (χ2n) is 7.27. The molecule has 0 spiro atoms. The van der Waals surface area contributed by atoms with E-state index in [-0.39, 0.29) is 5.91 Å². The number of aromatic nitrogens is 3. The number of carbonyl (C=O) groups is 1. The van der Waals surface area contributed by atoms with Gasteiger partial charge in [0.05, 0.1) is 0 Å². The molecule has 0 aliphatic carbocycles. The van der Waals surface area contributed by atoms with Gasteiger partial charge < -0.3 is 10.2 Å². The van der Waals surface area contributed by atoms with Gasteiger partial charge in [0.15, 0.2) is 11.5 Å². The SMILES string of the molecule is CNc1nn2c(C(=O)N(C)CCC(C)C)cc(C)nc2c1Sc1ccccc1. The molecule has 0 bridgehead atoms. The fourth-order valence-electron chi connectivity index (χ4n) is 2.88. The summed E-state index contributed by atoms with van der Waals surface area (Å²) in [7, 11) is 3.67. The second-order valence-corrected chi connectivity index (χ2v) is 8.35. The molecule has 0 saturated heterocycles. The van der Waals surface area contributed by atoms with Gasteiger partial charge in [0.2, 0.25) is 0 Å². The number of hydrogen-bond acceptors (Lipinski definition) is 5. The number of hydrogen-bond donors (Lipinski definition) is 1. The van der Waals surface area contributed by atoms with Crippen LogP contribution in [0.2, 0.25) is 0 Å². The van der Waals surface area contributed by atoms with Crippen molar-refractivity contribution in [3.8, 4) is 0 Å². The zero-order chi connectivity index (χ0) is 20.3. The van der Waals surface area contributed by atoms with Crippen molar-refractivity contribution in [2.45, 2.75) is 37.0 Å². The lowest BCUT2D eigenvalue weighted by Gasteiger charge is -2.19. The third-order valence-corrected chi connectivity index (χ3v) is 5.57. The molecular formula is C21H27N5OS. The summed E-state index contributed by atoms with van der Waals surface area (Å²) < 4.78 is 1.66. The minimum absolute atomic E-state index is 0.0439. The van der Waals surface area contributed by atoms with E-state index in [1.54, 1.807) is 21.2 Å². The Morgan fingerprint density at radius 2 is 2.00 bits per heavy atom. The third-order valence-electron chi connectivity index (χ3n) is 4.48. The van der Waals surface area contributed by atoms with E-state index in [1.807, 2.05) is 45.3 Å². The summed E-state index contributed by atoms with van der Waals surface area (Å²) in [5, 5.41) is 7.78. The summed E-state index contributed by atoms with van der Waals surface area (Å²) in [6.07, 6.45) is 0.964. The Kier molecular flexibility index (Phi) is 6.24.